The molecule has 1 aromatic heterocycles. The molecule has 2 N–H and O–H groups in total. The maximum absolute atomic E-state index is 12.1. The molecule has 0 unspecified atom stereocenters. The first kappa shape index (κ1) is 18.1. The molecule has 7 nitrogen and oxygen atoms in total. The molecule has 0 saturated carbocycles. The number of hydrogen-bond acceptors (Lipinski definition) is 6. The lowest BCUT2D eigenvalue weighted by Gasteiger charge is -2.23. The van der Waals surface area contributed by atoms with Gasteiger partial charge in [-0.3, -0.25) is 14.4 Å². The minimum atomic E-state index is -0.599. The van der Waals surface area contributed by atoms with Crippen molar-refractivity contribution in [1.82, 2.24) is 5.32 Å². The lowest BCUT2D eigenvalue weighted by molar-refractivity contribution is -0.149. The Morgan fingerprint density at radius 3 is 2.88 bits per heavy atom. The van der Waals surface area contributed by atoms with Crippen LogP contribution < -0.4 is 10.6 Å². The predicted octanol–water partition coefficient (Wildman–Crippen LogP) is 2.50. The Morgan fingerprint density at radius 2 is 2.12 bits per heavy atom. The molecule has 26 heavy (non-hydrogen) atoms. The Bertz CT molecular complexity index is 806. The van der Waals surface area contributed by atoms with Crippen LogP contribution in [0.2, 0.25) is 0 Å². The molecule has 0 spiro atoms. The van der Waals surface area contributed by atoms with Crippen molar-refractivity contribution in [2.75, 3.05) is 11.9 Å². The lowest BCUT2D eigenvalue weighted by Crippen LogP contribution is -2.33. The highest BCUT2D eigenvalue weighted by molar-refractivity contribution is 8.01. The third-order valence-corrected chi connectivity index (χ3v) is 5.05. The zero-order valence-electron chi connectivity index (χ0n) is 14.1. The molecule has 1 aromatic carbocycles. The molecule has 0 aliphatic carbocycles. The van der Waals surface area contributed by atoms with Gasteiger partial charge in [0.2, 0.25) is 5.91 Å². The monoisotopic (exact) mass is 374 g/mol. The molecular formula is C18H18N2O5S. The number of anilines is 1. The second kappa shape index (κ2) is 8.09. The Morgan fingerprint density at radius 1 is 1.31 bits per heavy atom. The molecule has 2 atom stereocenters. The summed E-state index contributed by atoms with van der Waals surface area (Å²) in [6, 6.07) is 10.5. The average molecular weight is 374 g/mol. The van der Waals surface area contributed by atoms with E-state index in [1.54, 1.807) is 25.1 Å². The lowest BCUT2D eigenvalue weighted by atomic mass is 10.2. The smallest absolute Gasteiger partial charge is 0.307 e. The predicted molar refractivity (Wildman–Crippen MR) is 95.6 cm³/mol. The standard InChI is InChI=1S/C18H18N2O5S/c1-11(13-6-4-8-24-13)19-16(21)10-25-17(22)9-15-18(23)20-12-5-2-3-7-14(12)26-15/h2-8,11,15H,9-10H2,1H3,(H,19,21)(H,20,23)/t11-,15-/m1/s1. The number of furan rings is 1. The summed E-state index contributed by atoms with van der Waals surface area (Å²) >= 11 is 1.31. The van der Waals surface area contributed by atoms with Gasteiger partial charge < -0.3 is 19.8 Å². The number of ether oxygens (including phenoxy) is 1. The van der Waals surface area contributed by atoms with Crippen molar-refractivity contribution in [2.45, 2.75) is 29.5 Å². The summed E-state index contributed by atoms with van der Waals surface area (Å²) < 4.78 is 10.2. The maximum atomic E-state index is 12.1. The van der Waals surface area contributed by atoms with Crippen LogP contribution >= 0.6 is 11.8 Å². The summed E-state index contributed by atoms with van der Waals surface area (Å²) in [5, 5.41) is 4.85. The number of thioether (sulfide) groups is 1. The molecule has 2 amide bonds. The van der Waals surface area contributed by atoms with E-state index in [2.05, 4.69) is 10.6 Å². The van der Waals surface area contributed by atoms with Crippen LogP contribution in [-0.2, 0) is 19.1 Å². The van der Waals surface area contributed by atoms with E-state index in [0.29, 0.717) is 5.76 Å². The minimum Gasteiger partial charge on any atom is -0.467 e. The van der Waals surface area contributed by atoms with Crippen LogP contribution in [0.3, 0.4) is 0 Å². The zero-order chi connectivity index (χ0) is 18.5. The van der Waals surface area contributed by atoms with Crippen LogP contribution in [0.25, 0.3) is 0 Å². The average Bonchev–Trinajstić information content (AvgIpc) is 3.15. The van der Waals surface area contributed by atoms with Gasteiger partial charge in [0.15, 0.2) is 6.61 Å². The van der Waals surface area contributed by atoms with Crippen molar-refractivity contribution < 1.29 is 23.5 Å². The van der Waals surface area contributed by atoms with E-state index < -0.39 is 23.7 Å². The minimum absolute atomic E-state index is 0.105. The van der Waals surface area contributed by atoms with Gasteiger partial charge in [0.25, 0.3) is 5.91 Å². The van der Waals surface area contributed by atoms with Crippen LogP contribution in [-0.4, -0.2) is 29.6 Å². The molecule has 0 radical (unpaired) electrons. The Hall–Kier alpha value is -2.74. The molecule has 3 rings (SSSR count). The third kappa shape index (κ3) is 4.45. The number of carbonyl (C=O) groups is 3. The van der Waals surface area contributed by atoms with E-state index in [9.17, 15) is 14.4 Å². The number of benzene rings is 1. The summed E-state index contributed by atoms with van der Waals surface area (Å²) in [5.74, 6) is -0.675. The summed E-state index contributed by atoms with van der Waals surface area (Å²) in [4.78, 5) is 36.8. The second-order valence-corrected chi connectivity index (χ2v) is 7.01. The first-order chi connectivity index (χ1) is 12.5. The molecule has 0 bridgehead atoms. The number of nitrogens with one attached hydrogen (secondary N) is 2. The number of rotatable bonds is 6. The Kier molecular flexibility index (Phi) is 5.62. The fraction of sp³-hybridized carbons (Fsp3) is 0.278. The van der Waals surface area contributed by atoms with Gasteiger partial charge in [-0.1, -0.05) is 12.1 Å². The van der Waals surface area contributed by atoms with E-state index in [1.165, 1.54) is 18.0 Å². The van der Waals surface area contributed by atoms with Gasteiger partial charge in [0.05, 0.1) is 29.7 Å². The van der Waals surface area contributed by atoms with Crippen molar-refractivity contribution in [3.05, 3.63) is 48.4 Å². The van der Waals surface area contributed by atoms with E-state index in [4.69, 9.17) is 9.15 Å². The number of para-hydroxylation sites is 1. The topological polar surface area (TPSA) is 97.6 Å². The number of carbonyl (C=O) groups excluding carboxylic acids is 3. The van der Waals surface area contributed by atoms with E-state index >= 15 is 0 Å². The van der Waals surface area contributed by atoms with E-state index in [-0.39, 0.29) is 18.4 Å². The first-order valence-electron chi connectivity index (χ1n) is 8.08. The summed E-state index contributed by atoms with van der Waals surface area (Å²) in [6.07, 6.45) is 1.41. The van der Waals surface area contributed by atoms with Crippen molar-refractivity contribution >= 4 is 35.2 Å². The van der Waals surface area contributed by atoms with Crippen LogP contribution in [0.15, 0.2) is 52.0 Å². The molecule has 2 heterocycles. The third-order valence-electron chi connectivity index (χ3n) is 3.77. The van der Waals surface area contributed by atoms with Gasteiger partial charge in [0, 0.05) is 4.90 Å². The molecule has 1 aliphatic rings. The molecule has 1 aliphatic heterocycles. The molecular weight excluding hydrogens is 356 g/mol. The van der Waals surface area contributed by atoms with E-state index in [1.807, 2.05) is 18.2 Å². The van der Waals surface area contributed by atoms with Gasteiger partial charge in [-0.05, 0) is 31.2 Å². The van der Waals surface area contributed by atoms with E-state index in [0.717, 1.165) is 10.6 Å². The number of amides is 2. The van der Waals surface area contributed by atoms with Gasteiger partial charge in [-0.2, -0.15) is 0 Å². The van der Waals surface area contributed by atoms with Crippen LogP contribution in [0.4, 0.5) is 5.69 Å². The number of esters is 1. The van der Waals surface area contributed by atoms with Gasteiger partial charge in [-0.25, -0.2) is 0 Å². The molecule has 0 fully saturated rings. The first-order valence-corrected chi connectivity index (χ1v) is 8.96. The quantitative estimate of drug-likeness (QED) is 0.754. The number of hydrogen-bond donors (Lipinski definition) is 2. The van der Waals surface area contributed by atoms with Gasteiger partial charge >= 0.3 is 5.97 Å². The second-order valence-electron chi connectivity index (χ2n) is 5.76. The van der Waals surface area contributed by atoms with Gasteiger partial charge in [-0.15, -0.1) is 11.8 Å². The fourth-order valence-electron chi connectivity index (χ4n) is 2.48. The molecule has 136 valence electrons. The van der Waals surface area contributed by atoms with Gasteiger partial charge in [0.1, 0.15) is 5.76 Å². The largest absolute Gasteiger partial charge is 0.467 e. The maximum Gasteiger partial charge on any atom is 0.307 e. The zero-order valence-corrected chi connectivity index (χ0v) is 14.9. The van der Waals surface area contributed by atoms with Crippen molar-refractivity contribution in [1.29, 1.82) is 0 Å². The molecule has 8 heteroatoms. The van der Waals surface area contributed by atoms with Crippen molar-refractivity contribution in [3.8, 4) is 0 Å². The Balaban J connectivity index is 1.45. The normalized spacial score (nSPS) is 17.0. The van der Waals surface area contributed by atoms with Crippen LogP contribution in [0, 0.1) is 0 Å². The summed E-state index contributed by atoms with van der Waals surface area (Å²) in [5.41, 5.74) is 0.735. The fourth-order valence-corrected chi connectivity index (χ4v) is 3.57. The summed E-state index contributed by atoms with van der Waals surface area (Å²) in [7, 11) is 0. The van der Waals surface area contributed by atoms with Crippen LogP contribution in [0.5, 0.6) is 0 Å². The highest BCUT2D eigenvalue weighted by atomic mass is 32.2. The molecule has 0 saturated heterocycles. The Labute approximate surface area is 154 Å². The number of fused-ring (bicyclic) bond motifs is 1. The van der Waals surface area contributed by atoms with Crippen molar-refractivity contribution in [2.24, 2.45) is 0 Å². The van der Waals surface area contributed by atoms with Crippen molar-refractivity contribution in [3.63, 3.8) is 0 Å². The summed E-state index contributed by atoms with van der Waals surface area (Å²) in [6.45, 7) is 1.36. The highest BCUT2D eigenvalue weighted by Crippen LogP contribution is 2.36. The SMILES string of the molecule is C[C@@H](NC(=O)COC(=O)C[C@H]1Sc2ccccc2NC1=O)c1ccco1. The highest BCUT2D eigenvalue weighted by Gasteiger charge is 2.29. The molecule has 2 aromatic rings. The van der Waals surface area contributed by atoms with Crippen LogP contribution in [0.1, 0.15) is 25.1 Å².